The van der Waals surface area contributed by atoms with E-state index in [0.717, 1.165) is 91.4 Å². The number of piperazine rings is 1. The second-order valence-electron chi connectivity index (χ2n) is 19.1. The van der Waals surface area contributed by atoms with Gasteiger partial charge in [0.1, 0.15) is 23.7 Å². The highest BCUT2D eigenvalue weighted by atomic mass is 32.1. The van der Waals surface area contributed by atoms with Crippen molar-refractivity contribution in [1.82, 2.24) is 25.0 Å². The molecule has 0 bridgehead atoms. The number of nitrogens with zero attached hydrogens (tertiary/aromatic N) is 5. The van der Waals surface area contributed by atoms with Gasteiger partial charge in [0, 0.05) is 133 Å². The van der Waals surface area contributed by atoms with Crippen molar-refractivity contribution in [2.24, 2.45) is 0 Å². The number of ether oxygens (including phenoxy) is 4. The Morgan fingerprint density at radius 2 is 1.45 bits per heavy atom. The molecule has 2 fully saturated rings. The lowest BCUT2D eigenvalue weighted by molar-refractivity contribution is -0.136. The lowest BCUT2D eigenvalue weighted by Crippen LogP contribution is -2.54. The summed E-state index contributed by atoms with van der Waals surface area (Å²) in [5, 5.41) is 20.9. The van der Waals surface area contributed by atoms with Crippen LogP contribution in [0.2, 0.25) is 0 Å². The van der Waals surface area contributed by atoms with E-state index in [0.29, 0.717) is 82.2 Å². The molecule has 1 aromatic heterocycles. The molecular weight excluding hydrogens is 1010 g/mol. The van der Waals surface area contributed by atoms with Crippen LogP contribution >= 0.6 is 11.3 Å². The molecule has 5 aromatic rings. The number of aromatic nitrogens is 1. The molecule has 0 saturated carbocycles. The number of carbonyl (C=O) groups is 6. The second kappa shape index (κ2) is 26.3. The van der Waals surface area contributed by atoms with E-state index in [4.69, 9.17) is 18.9 Å². The van der Waals surface area contributed by atoms with Crippen LogP contribution in [0.15, 0.2) is 90.4 Å². The van der Waals surface area contributed by atoms with Crippen molar-refractivity contribution >= 4 is 63.3 Å². The van der Waals surface area contributed by atoms with Crippen LogP contribution in [0, 0.1) is 5.82 Å². The predicted molar refractivity (Wildman–Crippen MR) is 285 cm³/mol. The van der Waals surface area contributed by atoms with Gasteiger partial charge in [-0.05, 0) is 97.3 Å². The van der Waals surface area contributed by atoms with Crippen LogP contribution in [-0.2, 0) is 39.9 Å². The van der Waals surface area contributed by atoms with Crippen LogP contribution in [0.25, 0.3) is 11.1 Å². The number of anilines is 3. The standard InChI is InChI=1S/C56H63FN8O11S/c57-40-12-16-47(66)44(35-40)50(52(69)61-56-59-19-33-77-56)64-36-39-9-8-38(34-43(39)53(64)70)37-10-13-41(14-11-37)63-22-20-62(21-23-63)24-32-76-31-5-30-75-29-4-28-74-27-3-26-73-25-2-18-58-45-7-1-6-42-49(45)55(72)65(54(42)71)46-15-17-48(67)60-51(46)68/h1,6-14,16,19,33-35,46,50,58,66H,2-5,15,17-18,20-32,36H2,(H,59,61,69)(H,60,67,68). The third-order valence-electron chi connectivity index (χ3n) is 13.9. The molecule has 4 N–H and O–H groups in total. The quantitative estimate of drug-likeness (QED) is 0.0337. The smallest absolute Gasteiger partial charge is 0.264 e. The minimum absolute atomic E-state index is 0.0142. The molecule has 19 nitrogen and oxygen atoms in total. The zero-order valence-electron chi connectivity index (χ0n) is 42.7. The summed E-state index contributed by atoms with van der Waals surface area (Å²) in [5.41, 5.74) is 5.07. The van der Waals surface area contributed by atoms with Crippen LogP contribution in [0.4, 0.5) is 20.9 Å². The molecule has 0 spiro atoms. The summed E-state index contributed by atoms with van der Waals surface area (Å²) in [5.74, 6) is -4.06. The first-order chi connectivity index (χ1) is 37.5. The molecule has 4 aromatic carbocycles. The second-order valence-corrected chi connectivity index (χ2v) is 20.0. The van der Waals surface area contributed by atoms with E-state index in [1.807, 2.05) is 30.3 Å². The number of piperidine rings is 1. The number of rotatable bonds is 27. The number of imide groups is 2. The van der Waals surface area contributed by atoms with E-state index in [9.17, 15) is 38.3 Å². The first-order valence-corrected chi connectivity index (χ1v) is 27.0. The minimum atomic E-state index is -1.30. The number of phenols is 1. The molecule has 2 atom stereocenters. The van der Waals surface area contributed by atoms with E-state index in [1.54, 1.807) is 23.6 Å². The van der Waals surface area contributed by atoms with Crippen molar-refractivity contribution in [1.29, 1.82) is 0 Å². The van der Waals surface area contributed by atoms with Crippen LogP contribution in [-0.4, -0.2) is 158 Å². The number of halogens is 1. The summed E-state index contributed by atoms with van der Waals surface area (Å²) in [4.78, 5) is 89.1. The average Bonchev–Trinajstić information content (AvgIpc) is 4.21. The summed E-state index contributed by atoms with van der Waals surface area (Å²) in [6.45, 7) is 9.93. The van der Waals surface area contributed by atoms with Crippen molar-refractivity contribution in [3.63, 3.8) is 0 Å². The van der Waals surface area contributed by atoms with Gasteiger partial charge in [-0.3, -0.25) is 49.2 Å². The van der Waals surface area contributed by atoms with Crippen molar-refractivity contribution in [3.8, 4) is 16.9 Å². The highest BCUT2D eigenvalue weighted by Gasteiger charge is 2.46. The van der Waals surface area contributed by atoms with E-state index >= 15 is 0 Å². The predicted octanol–water partition coefficient (Wildman–Crippen LogP) is 6.25. The Hall–Kier alpha value is -7.14. The number of fused-ring (bicyclic) bond motifs is 2. The van der Waals surface area contributed by atoms with Crippen LogP contribution in [0.5, 0.6) is 5.75 Å². The lowest BCUT2D eigenvalue weighted by atomic mass is 10.00. The van der Waals surface area contributed by atoms with Crippen LogP contribution in [0.3, 0.4) is 0 Å². The van der Waals surface area contributed by atoms with Gasteiger partial charge < -0.3 is 39.2 Å². The number of benzene rings is 4. The molecule has 6 amide bonds. The fraction of sp³-hybridized carbons (Fsp3) is 0.411. The normalized spacial score (nSPS) is 17.0. The van der Waals surface area contributed by atoms with Crippen molar-refractivity contribution < 1.29 is 57.2 Å². The van der Waals surface area contributed by atoms with E-state index < -0.39 is 53.3 Å². The topological polar surface area (TPSA) is 222 Å². The van der Waals surface area contributed by atoms with Gasteiger partial charge in [0.15, 0.2) is 5.13 Å². The number of carbonyl (C=O) groups excluding carboxylic acids is 6. The van der Waals surface area contributed by atoms with Gasteiger partial charge in [0.2, 0.25) is 11.8 Å². The van der Waals surface area contributed by atoms with Gasteiger partial charge in [0.25, 0.3) is 23.6 Å². The summed E-state index contributed by atoms with van der Waals surface area (Å²) >= 11 is 1.21. The van der Waals surface area contributed by atoms with E-state index in [-0.39, 0.29) is 41.8 Å². The maximum atomic E-state index is 14.4. The monoisotopic (exact) mass is 1070 g/mol. The first kappa shape index (κ1) is 54.6. The summed E-state index contributed by atoms with van der Waals surface area (Å²) < 4.78 is 37.6. The fourth-order valence-corrected chi connectivity index (χ4v) is 10.4. The highest BCUT2D eigenvalue weighted by Crippen LogP contribution is 2.38. The number of hydrogen-bond donors (Lipinski definition) is 4. The Morgan fingerprint density at radius 1 is 0.766 bits per heavy atom. The number of nitrogens with one attached hydrogen (secondary N) is 3. The number of phenolic OH excluding ortho intramolecular Hbond substituents is 1. The van der Waals surface area contributed by atoms with Crippen molar-refractivity contribution in [3.05, 3.63) is 124 Å². The minimum Gasteiger partial charge on any atom is -0.508 e. The molecular formula is C56H63FN8O11S. The van der Waals surface area contributed by atoms with Gasteiger partial charge in [-0.2, -0.15) is 0 Å². The van der Waals surface area contributed by atoms with Gasteiger partial charge in [-0.25, -0.2) is 9.37 Å². The zero-order chi connectivity index (χ0) is 53.7. The van der Waals surface area contributed by atoms with Crippen LogP contribution < -0.4 is 20.9 Å². The Balaban J connectivity index is 0.585. The van der Waals surface area contributed by atoms with E-state index in [2.05, 4.69) is 42.9 Å². The van der Waals surface area contributed by atoms with Gasteiger partial charge in [-0.1, -0.05) is 30.3 Å². The number of aromatic hydroxyl groups is 1. The molecule has 77 heavy (non-hydrogen) atoms. The number of thiazole rings is 1. The average molecular weight is 1080 g/mol. The molecule has 4 aliphatic heterocycles. The zero-order valence-corrected chi connectivity index (χ0v) is 43.5. The number of amides is 6. The van der Waals surface area contributed by atoms with Crippen molar-refractivity contribution in [2.75, 3.05) is 108 Å². The lowest BCUT2D eigenvalue weighted by Gasteiger charge is -2.36. The fourth-order valence-electron chi connectivity index (χ4n) is 9.91. The molecule has 4 aliphatic rings. The summed E-state index contributed by atoms with van der Waals surface area (Å²) in [6.07, 6.45) is 4.78. The van der Waals surface area contributed by atoms with Crippen LogP contribution in [0.1, 0.15) is 86.8 Å². The SMILES string of the molecule is O=C1CCC(N2C(=O)c3cccc(NCCCOCCCOCCCOCCCOCCN4CCN(c5ccc(-c6ccc7c(c6)C(=O)N(C(C(=O)Nc6nccs6)c6cc(F)ccc6O)C7)cc5)CC4)c3C2=O)C(=O)N1. The number of hydrogen-bond acceptors (Lipinski definition) is 16. The third-order valence-corrected chi connectivity index (χ3v) is 14.6. The third kappa shape index (κ3) is 13.5. The largest absolute Gasteiger partial charge is 0.508 e. The Labute approximate surface area is 449 Å². The maximum absolute atomic E-state index is 14.4. The molecule has 406 valence electrons. The molecule has 2 saturated heterocycles. The van der Waals surface area contributed by atoms with E-state index in [1.165, 1.54) is 28.5 Å². The summed E-state index contributed by atoms with van der Waals surface area (Å²) in [7, 11) is 0. The molecule has 21 heteroatoms. The van der Waals surface area contributed by atoms with Gasteiger partial charge in [-0.15, -0.1) is 11.3 Å². The molecule has 5 heterocycles. The molecule has 9 rings (SSSR count). The van der Waals surface area contributed by atoms with Gasteiger partial charge >= 0.3 is 0 Å². The molecule has 0 aliphatic carbocycles. The molecule has 0 radical (unpaired) electrons. The Morgan fingerprint density at radius 3 is 2.14 bits per heavy atom. The maximum Gasteiger partial charge on any atom is 0.264 e. The summed E-state index contributed by atoms with van der Waals surface area (Å²) in [6, 6.07) is 20.0. The first-order valence-electron chi connectivity index (χ1n) is 26.1. The van der Waals surface area contributed by atoms with Crippen molar-refractivity contribution in [2.45, 2.75) is 57.2 Å². The molecule has 2 unspecified atom stereocenters. The Bertz CT molecular complexity index is 2900. The van der Waals surface area contributed by atoms with Gasteiger partial charge in [0.05, 0.1) is 17.7 Å². The highest BCUT2D eigenvalue weighted by molar-refractivity contribution is 7.13. The Kier molecular flexibility index (Phi) is 18.6.